The van der Waals surface area contributed by atoms with Gasteiger partial charge < -0.3 is 4.98 Å². The van der Waals surface area contributed by atoms with Gasteiger partial charge in [0, 0.05) is 50.2 Å². The van der Waals surface area contributed by atoms with E-state index in [-0.39, 0.29) is 5.69 Å². The number of nitrogens with zero attached hydrogens (tertiary/aromatic N) is 4. The molecular weight excluding hydrogens is 502 g/mol. The van der Waals surface area contributed by atoms with Crippen molar-refractivity contribution in [3.8, 4) is 11.3 Å². The highest BCUT2D eigenvalue weighted by molar-refractivity contribution is 9.10. The van der Waals surface area contributed by atoms with Crippen LogP contribution in [0.5, 0.6) is 0 Å². The number of H-pyrrole nitrogens is 1. The lowest BCUT2D eigenvalue weighted by Gasteiger charge is -2.03. The predicted molar refractivity (Wildman–Crippen MR) is 135 cm³/mol. The number of halogens is 1. The molecule has 0 aliphatic heterocycles. The minimum atomic E-state index is -0.408. The summed E-state index contributed by atoms with van der Waals surface area (Å²) in [4.78, 5) is 19.3. The van der Waals surface area contributed by atoms with E-state index in [2.05, 4.69) is 20.9 Å². The number of fused-ring (bicyclic) bond motifs is 1. The van der Waals surface area contributed by atoms with E-state index in [9.17, 15) is 10.1 Å². The third kappa shape index (κ3) is 4.41. The van der Waals surface area contributed by atoms with Gasteiger partial charge in [-0.3, -0.25) is 10.1 Å². The van der Waals surface area contributed by atoms with Crippen LogP contribution in [0.4, 0.5) is 11.4 Å². The second-order valence-corrected chi connectivity index (χ2v) is 8.90. The van der Waals surface area contributed by atoms with Crippen LogP contribution in [0.3, 0.4) is 0 Å². The van der Waals surface area contributed by atoms with Crippen molar-refractivity contribution >= 4 is 55.8 Å². The summed E-state index contributed by atoms with van der Waals surface area (Å²) in [5.41, 5.74) is 4.41. The van der Waals surface area contributed by atoms with Crippen molar-refractivity contribution in [3.63, 3.8) is 0 Å². The summed E-state index contributed by atoms with van der Waals surface area (Å²) in [6, 6.07) is 22.1. The van der Waals surface area contributed by atoms with Crippen molar-refractivity contribution in [1.82, 2.24) is 9.66 Å². The third-order valence-corrected chi connectivity index (χ3v) is 6.34. The first-order chi connectivity index (χ1) is 16.1. The Labute approximate surface area is 200 Å². The van der Waals surface area contributed by atoms with Crippen LogP contribution in [0.1, 0.15) is 5.56 Å². The largest absolute Gasteiger partial charge is 0.361 e. The van der Waals surface area contributed by atoms with Crippen LogP contribution < -0.4 is 4.80 Å². The fourth-order valence-corrected chi connectivity index (χ4v) is 4.61. The van der Waals surface area contributed by atoms with Crippen LogP contribution in [0.2, 0.25) is 0 Å². The summed E-state index contributed by atoms with van der Waals surface area (Å²) >= 11 is 4.98. The van der Waals surface area contributed by atoms with Gasteiger partial charge in [0.2, 0.25) is 4.80 Å². The standard InChI is InChI=1S/C24H16BrN5O2S/c25-18-8-11-22-21(12-18)17(13-26-22)14-27-29-23(16-6-9-20(10-7-16)30(31)32)15-33-24(29)28-19-4-2-1-3-5-19/h1-15,26H. The van der Waals surface area contributed by atoms with Crippen molar-refractivity contribution in [2.24, 2.45) is 10.1 Å². The molecule has 0 aliphatic carbocycles. The first-order valence-electron chi connectivity index (χ1n) is 9.94. The highest BCUT2D eigenvalue weighted by Gasteiger charge is 2.11. The van der Waals surface area contributed by atoms with E-state index in [1.807, 2.05) is 60.1 Å². The predicted octanol–water partition coefficient (Wildman–Crippen LogP) is 6.48. The number of nitrogens with one attached hydrogen (secondary N) is 1. The monoisotopic (exact) mass is 517 g/mol. The topological polar surface area (TPSA) is 88.6 Å². The molecular formula is C24H16BrN5O2S. The molecule has 0 radical (unpaired) electrons. The molecule has 33 heavy (non-hydrogen) atoms. The second-order valence-electron chi connectivity index (χ2n) is 7.15. The smallest absolute Gasteiger partial charge is 0.269 e. The molecule has 1 N–H and O–H groups in total. The van der Waals surface area contributed by atoms with Crippen LogP contribution >= 0.6 is 27.3 Å². The van der Waals surface area contributed by atoms with Gasteiger partial charge in [-0.05, 0) is 42.5 Å². The molecule has 0 spiro atoms. The second kappa shape index (κ2) is 8.97. The molecule has 0 saturated carbocycles. The lowest BCUT2D eigenvalue weighted by Crippen LogP contribution is -2.11. The van der Waals surface area contributed by atoms with Crippen LogP contribution in [-0.2, 0) is 0 Å². The Morgan fingerprint density at radius 1 is 1.06 bits per heavy atom. The Morgan fingerprint density at radius 3 is 2.61 bits per heavy atom. The maximum Gasteiger partial charge on any atom is 0.269 e. The molecule has 0 fully saturated rings. The number of nitro benzene ring substituents is 1. The number of aromatic nitrogens is 2. The van der Waals surface area contributed by atoms with E-state index in [1.165, 1.54) is 23.5 Å². The number of nitro groups is 1. The fraction of sp³-hybridized carbons (Fsp3) is 0. The summed E-state index contributed by atoms with van der Waals surface area (Å²) in [7, 11) is 0. The van der Waals surface area contributed by atoms with Gasteiger partial charge in [-0.1, -0.05) is 34.1 Å². The molecule has 0 bridgehead atoms. The number of hydrogen-bond acceptors (Lipinski definition) is 5. The van der Waals surface area contributed by atoms with E-state index in [4.69, 9.17) is 10.1 Å². The summed E-state index contributed by atoms with van der Waals surface area (Å²) < 4.78 is 2.74. The van der Waals surface area contributed by atoms with E-state index in [1.54, 1.807) is 23.0 Å². The van der Waals surface area contributed by atoms with Crippen molar-refractivity contribution in [3.05, 3.63) is 109 Å². The number of benzene rings is 3. The number of para-hydroxylation sites is 1. The molecule has 2 heterocycles. The maximum absolute atomic E-state index is 11.0. The molecule has 0 saturated heterocycles. The van der Waals surface area contributed by atoms with Crippen LogP contribution in [-0.4, -0.2) is 20.8 Å². The van der Waals surface area contributed by atoms with Gasteiger partial charge in [0.1, 0.15) is 0 Å². The number of rotatable bonds is 5. The lowest BCUT2D eigenvalue weighted by molar-refractivity contribution is -0.384. The highest BCUT2D eigenvalue weighted by atomic mass is 79.9. The van der Waals surface area contributed by atoms with Gasteiger partial charge >= 0.3 is 0 Å². The normalized spacial score (nSPS) is 12.1. The summed E-state index contributed by atoms with van der Waals surface area (Å²) in [6.45, 7) is 0. The average Bonchev–Trinajstić information content (AvgIpc) is 3.42. The van der Waals surface area contributed by atoms with Crippen molar-refractivity contribution < 1.29 is 4.92 Å². The van der Waals surface area contributed by atoms with E-state index < -0.39 is 4.92 Å². The quantitative estimate of drug-likeness (QED) is 0.164. The van der Waals surface area contributed by atoms with Crippen LogP contribution in [0.25, 0.3) is 22.2 Å². The Balaban J connectivity index is 1.63. The summed E-state index contributed by atoms with van der Waals surface area (Å²) in [6.07, 6.45) is 3.70. The molecule has 5 rings (SSSR count). The zero-order chi connectivity index (χ0) is 22.8. The number of non-ortho nitro benzene ring substituents is 1. The highest BCUT2D eigenvalue weighted by Crippen LogP contribution is 2.25. The fourth-order valence-electron chi connectivity index (χ4n) is 3.40. The molecule has 162 valence electrons. The minimum Gasteiger partial charge on any atom is -0.361 e. The van der Waals surface area contributed by atoms with E-state index >= 15 is 0 Å². The van der Waals surface area contributed by atoms with Crippen LogP contribution in [0.15, 0.2) is 98.9 Å². The molecule has 5 aromatic rings. The zero-order valence-electron chi connectivity index (χ0n) is 17.1. The Kier molecular flexibility index (Phi) is 5.72. The summed E-state index contributed by atoms with van der Waals surface area (Å²) in [5, 5.41) is 18.8. The SMILES string of the molecule is O=[N+]([O-])c1ccc(-c2csc(=Nc3ccccc3)n2N=Cc2c[nH]c3ccc(Br)cc23)cc1. The molecule has 7 nitrogen and oxygen atoms in total. The van der Waals surface area contributed by atoms with E-state index in [0.717, 1.165) is 37.9 Å². The molecule has 0 amide bonds. The Bertz CT molecular complexity index is 1550. The summed E-state index contributed by atoms with van der Waals surface area (Å²) in [5.74, 6) is 0. The molecule has 0 unspecified atom stereocenters. The number of hydrogen-bond donors (Lipinski definition) is 1. The van der Waals surface area contributed by atoms with Gasteiger partial charge in [-0.2, -0.15) is 5.10 Å². The van der Waals surface area contributed by atoms with Crippen LogP contribution in [0, 0.1) is 10.1 Å². The van der Waals surface area contributed by atoms with Gasteiger partial charge in [0.05, 0.1) is 22.5 Å². The average molecular weight is 518 g/mol. The van der Waals surface area contributed by atoms with Gasteiger partial charge in [-0.25, -0.2) is 9.67 Å². The van der Waals surface area contributed by atoms with Gasteiger partial charge in [0.25, 0.3) is 5.69 Å². The van der Waals surface area contributed by atoms with Crippen molar-refractivity contribution in [1.29, 1.82) is 0 Å². The number of thiazole rings is 1. The molecule has 2 aromatic heterocycles. The van der Waals surface area contributed by atoms with Crippen molar-refractivity contribution in [2.45, 2.75) is 0 Å². The third-order valence-electron chi connectivity index (χ3n) is 5.03. The molecule has 0 atom stereocenters. The molecule has 3 aromatic carbocycles. The zero-order valence-corrected chi connectivity index (χ0v) is 19.5. The first kappa shape index (κ1) is 21.0. The lowest BCUT2D eigenvalue weighted by atomic mass is 10.1. The molecule has 0 aliphatic rings. The first-order valence-corrected chi connectivity index (χ1v) is 11.6. The van der Waals surface area contributed by atoms with Gasteiger partial charge in [0.15, 0.2) is 0 Å². The van der Waals surface area contributed by atoms with Crippen molar-refractivity contribution in [2.75, 3.05) is 0 Å². The molecule has 9 heteroatoms. The Morgan fingerprint density at radius 2 is 1.85 bits per heavy atom. The Hall–Kier alpha value is -3.82. The van der Waals surface area contributed by atoms with Gasteiger partial charge in [-0.15, -0.1) is 11.3 Å². The number of aromatic amines is 1. The van der Waals surface area contributed by atoms with E-state index in [0.29, 0.717) is 4.80 Å². The maximum atomic E-state index is 11.0. The minimum absolute atomic E-state index is 0.0441.